The SMILES string of the molecule is CCCCN1C(=O)C(=Cc2c(N3CCCC3)nc3ccc(C)cn3c2=O)SC1=S. The van der Waals surface area contributed by atoms with Crippen LogP contribution in [-0.2, 0) is 4.79 Å². The number of rotatable bonds is 5. The Bertz CT molecular complexity index is 1070. The number of hydrogen-bond donors (Lipinski definition) is 0. The molecule has 152 valence electrons. The van der Waals surface area contributed by atoms with Gasteiger partial charge in [-0.15, -0.1) is 0 Å². The summed E-state index contributed by atoms with van der Waals surface area (Å²) >= 11 is 6.68. The lowest BCUT2D eigenvalue weighted by Crippen LogP contribution is -2.29. The van der Waals surface area contributed by atoms with Crippen molar-refractivity contribution in [1.82, 2.24) is 14.3 Å². The lowest BCUT2D eigenvalue weighted by molar-refractivity contribution is -0.122. The van der Waals surface area contributed by atoms with Gasteiger partial charge in [-0.3, -0.25) is 18.9 Å². The summed E-state index contributed by atoms with van der Waals surface area (Å²) in [6, 6.07) is 3.82. The van der Waals surface area contributed by atoms with E-state index in [2.05, 4.69) is 11.8 Å². The predicted molar refractivity (Wildman–Crippen MR) is 122 cm³/mol. The molecule has 0 spiro atoms. The standard InChI is InChI=1S/C21H24N4O2S2/c1-3-4-11-24-20(27)16(29-21(24)28)12-15-18(23-9-5-6-10-23)22-17-8-7-14(2)13-25(17)19(15)26/h7-8,12-13H,3-6,9-11H2,1-2H3. The van der Waals surface area contributed by atoms with Crippen LogP contribution in [0.5, 0.6) is 0 Å². The van der Waals surface area contributed by atoms with E-state index >= 15 is 0 Å². The van der Waals surface area contributed by atoms with Crippen LogP contribution >= 0.6 is 24.0 Å². The molecule has 1 amide bonds. The number of pyridine rings is 1. The van der Waals surface area contributed by atoms with Crippen molar-refractivity contribution >= 4 is 51.7 Å². The molecule has 0 radical (unpaired) electrons. The number of carbonyl (C=O) groups is 1. The highest BCUT2D eigenvalue weighted by Gasteiger charge is 2.32. The summed E-state index contributed by atoms with van der Waals surface area (Å²) in [6.07, 6.45) is 7.54. The van der Waals surface area contributed by atoms with Gasteiger partial charge in [0.2, 0.25) is 0 Å². The first-order chi connectivity index (χ1) is 14.0. The van der Waals surface area contributed by atoms with Gasteiger partial charge >= 0.3 is 0 Å². The number of aryl methyl sites for hydroxylation is 1. The Morgan fingerprint density at radius 3 is 2.72 bits per heavy atom. The molecule has 29 heavy (non-hydrogen) atoms. The van der Waals surface area contributed by atoms with E-state index in [0.717, 1.165) is 44.3 Å². The van der Waals surface area contributed by atoms with Crippen LogP contribution in [0.2, 0.25) is 0 Å². The van der Waals surface area contributed by atoms with Gasteiger partial charge in [0, 0.05) is 25.8 Å². The molecule has 4 rings (SSSR count). The molecule has 0 aliphatic carbocycles. The summed E-state index contributed by atoms with van der Waals surface area (Å²) in [5.41, 5.74) is 1.91. The second-order valence-corrected chi connectivity index (χ2v) is 9.15. The van der Waals surface area contributed by atoms with Crippen LogP contribution in [0.25, 0.3) is 11.7 Å². The molecule has 0 atom stereocenters. The largest absolute Gasteiger partial charge is 0.356 e. The maximum atomic E-state index is 13.4. The predicted octanol–water partition coefficient (Wildman–Crippen LogP) is 3.60. The summed E-state index contributed by atoms with van der Waals surface area (Å²) in [7, 11) is 0. The zero-order valence-corrected chi connectivity index (χ0v) is 18.3. The second kappa shape index (κ2) is 8.28. The summed E-state index contributed by atoms with van der Waals surface area (Å²) in [5, 5.41) is 0. The van der Waals surface area contributed by atoms with Gasteiger partial charge in [-0.2, -0.15) is 0 Å². The summed E-state index contributed by atoms with van der Waals surface area (Å²) in [6.45, 7) is 6.38. The Morgan fingerprint density at radius 1 is 1.24 bits per heavy atom. The van der Waals surface area contributed by atoms with E-state index < -0.39 is 0 Å². The molecule has 2 aromatic heterocycles. The summed E-state index contributed by atoms with van der Waals surface area (Å²) in [5.74, 6) is 0.546. The van der Waals surface area contributed by atoms with E-state index in [-0.39, 0.29) is 11.5 Å². The number of thioether (sulfide) groups is 1. The molecule has 0 aromatic carbocycles. The van der Waals surface area contributed by atoms with Crippen LogP contribution in [0.3, 0.4) is 0 Å². The Morgan fingerprint density at radius 2 is 2.00 bits per heavy atom. The smallest absolute Gasteiger partial charge is 0.267 e. The van der Waals surface area contributed by atoms with Crippen molar-refractivity contribution in [2.75, 3.05) is 24.5 Å². The summed E-state index contributed by atoms with van der Waals surface area (Å²) < 4.78 is 2.13. The molecule has 2 aromatic rings. The first-order valence-corrected chi connectivity index (χ1v) is 11.3. The molecule has 0 bridgehead atoms. The Hall–Kier alpha value is -2.19. The minimum absolute atomic E-state index is 0.116. The van der Waals surface area contributed by atoms with Gasteiger partial charge < -0.3 is 4.90 Å². The number of nitrogens with zero attached hydrogens (tertiary/aromatic N) is 4. The minimum atomic E-state index is -0.153. The molecular weight excluding hydrogens is 404 g/mol. The van der Waals surface area contributed by atoms with Crippen LogP contribution in [-0.4, -0.2) is 44.1 Å². The monoisotopic (exact) mass is 428 g/mol. The first-order valence-electron chi connectivity index (χ1n) is 10.0. The lowest BCUT2D eigenvalue weighted by atomic mass is 10.2. The molecule has 0 unspecified atom stereocenters. The van der Waals surface area contributed by atoms with Gasteiger partial charge in [-0.1, -0.05) is 43.4 Å². The number of aromatic nitrogens is 2. The number of amides is 1. The fourth-order valence-corrected chi connectivity index (χ4v) is 4.97. The molecule has 2 saturated heterocycles. The number of fused-ring (bicyclic) bond motifs is 1. The number of thiocarbonyl (C=S) groups is 1. The Balaban J connectivity index is 1.83. The molecule has 6 nitrogen and oxygen atoms in total. The highest BCUT2D eigenvalue weighted by molar-refractivity contribution is 8.26. The topological polar surface area (TPSA) is 57.9 Å². The van der Waals surface area contributed by atoms with E-state index in [9.17, 15) is 9.59 Å². The normalized spacial score (nSPS) is 18.6. The molecule has 2 aliphatic heterocycles. The molecule has 2 fully saturated rings. The third kappa shape index (κ3) is 3.83. The highest BCUT2D eigenvalue weighted by Crippen LogP contribution is 2.34. The van der Waals surface area contributed by atoms with Gasteiger partial charge in [0.25, 0.3) is 11.5 Å². The molecular formula is C21H24N4O2S2. The Kier molecular flexibility index (Phi) is 5.74. The van der Waals surface area contributed by atoms with E-state index in [4.69, 9.17) is 17.2 Å². The van der Waals surface area contributed by atoms with Crippen molar-refractivity contribution in [2.45, 2.75) is 39.5 Å². The highest BCUT2D eigenvalue weighted by atomic mass is 32.2. The van der Waals surface area contributed by atoms with Gasteiger partial charge in [-0.05, 0) is 43.9 Å². The van der Waals surface area contributed by atoms with E-state index in [1.807, 2.05) is 19.1 Å². The first kappa shape index (κ1) is 20.1. The maximum absolute atomic E-state index is 13.4. The average molecular weight is 429 g/mol. The zero-order valence-electron chi connectivity index (χ0n) is 16.7. The van der Waals surface area contributed by atoms with Crippen LogP contribution in [0, 0.1) is 6.92 Å². The van der Waals surface area contributed by atoms with Crippen molar-refractivity contribution in [3.05, 3.63) is 44.7 Å². The molecule has 0 N–H and O–H groups in total. The van der Waals surface area contributed by atoms with Gasteiger partial charge in [0.1, 0.15) is 15.8 Å². The van der Waals surface area contributed by atoms with Gasteiger partial charge in [0.05, 0.1) is 10.5 Å². The third-order valence-corrected chi connectivity index (χ3v) is 6.65. The van der Waals surface area contributed by atoms with Crippen LogP contribution in [0.4, 0.5) is 5.82 Å². The lowest BCUT2D eigenvalue weighted by Gasteiger charge is -2.19. The van der Waals surface area contributed by atoms with Crippen LogP contribution in [0.15, 0.2) is 28.0 Å². The van der Waals surface area contributed by atoms with Crippen molar-refractivity contribution in [1.29, 1.82) is 0 Å². The molecule has 2 aliphatic rings. The van der Waals surface area contributed by atoms with Crippen molar-refractivity contribution in [3.8, 4) is 0 Å². The van der Waals surface area contributed by atoms with Crippen LogP contribution in [0.1, 0.15) is 43.7 Å². The quantitative estimate of drug-likeness (QED) is 0.536. The van der Waals surface area contributed by atoms with Crippen molar-refractivity contribution < 1.29 is 4.79 Å². The van der Waals surface area contributed by atoms with Gasteiger partial charge in [0.15, 0.2) is 0 Å². The van der Waals surface area contributed by atoms with Crippen molar-refractivity contribution in [2.24, 2.45) is 0 Å². The summed E-state index contributed by atoms with van der Waals surface area (Å²) in [4.78, 5) is 35.3. The number of unbranched alkanes of at least 4 members (excludes halogenated alkanes) is 1. The molecule has 4 heterocycles. The van der Waals surface area contributed by atoms with Gasteiger partial charge in [-0.25, -0.2) is 4.98 Å². The van der Waals surface area contributed by atoms with E-state index in [1.165, 1.54) is 11.8 Å². The average Bonchev–Trinajstić information content (AvgIpc) is 3.32. The zero-order chi connectivity index (χ0) is 20.5. The fourth-order valence-electron chi connectivity index (χ4n) is 3.68. The Labute approximate surface area is 179 Å². The number of carbonyl (C=O) groups excluding carboxylic acids is 1. The molecule has 0 saturated carbocycles. The third-order valence-electron chi connectivity index (χ3n) is 5.28. The number of anilines is 1. The maximum Gasteiger partial charge on any atom is 0.267 e. The molecule has 8 heteroatoms. The van der Waals surface area contributed by atoms with Crippen molar-refractivity contribution in [3.63, 3.8) is 0 Å². The fraction of sp³-hybridized carbons (Fsp3) is 0.429. The second-order valence-electron chi connectivity index (χ2n) is 7.47. The van der Waals surface area contributed by atoms with Crippen LogP contribution < -0.4 is 10.5 Å². The minimum Gasteiger partial charge on any atom is -0.356 e. The van der Waals surface area contributed by atoms with E-state index in [0.29, 0.717) is 32.8 Å². The van der Waals surface area contributed by atoms with E-state index in [1.54, 1.807) is 21.6 Å². The number of hydrogen-bond acceptors (Lipinski definition) is 6.